The molecule has 0 amide bonds. The first-order chi connectivity index (χ1) is 13.8. The molecule has 3 heteroatoms. The zero-order chi connectivity index (χ0) is 21.6. The summed E-state index contributed by atoms with van der Waals surface area (Å²) in [5, 5.41) is 10.9. The molecule has 29 heavy (non-hydrogen) atoms. The molecule has 0 aliphatic carbocycles. The van der Waals surface area contributed by atoms with Gasteiger partial charge >= 0.3 is 5.97 Å². The molecule has 0 heterocycles. The Morgan fingerprint density at radius 2 is 1.72 bits per heavy atom. The minimum absolute atomic E-state index is 0.257. The zero-order valence-corrected chi connectivity index (χ0v) is 18.5. The van der Waals surface area contributed by atoms with Crippen LogP contribution in [0.3, 0.4) is 0 Å². The number of hydrogen-bond acceptors (Lipinski definition) is 3. The highest BCUT2D eigenvalue weighted by atomic mass is 16.5. The number of aromatic hydroxyl groups is 1. The Balaban J connectivity index is 2.57. The summed E-state index contributed by atoms with van der Waals surface area (Å²) in [6.07, 6.45) is 5.63. The van der Waals surface area contributed by atoms with Gasteiger partial charge in [-0.2, -0.15) is 0 Å². The van der Waals surface area contributed by atoms with Crippen molar-refractivity contribution in [1.82, 2.24) is 0 Å². The van der Waals surface area contributed by atoms with Crippen LogP contribution >= 0.6 is 0 Å². The Bertz CT molecular complexity index is 880. The van der Waals surface area contributed by atoms with E-state index < -0.39 is 5.97 Å². The van der Waals surface area contributed by atoms with Gasteiger partial charge in [0.05, 0.1) is 0 Å². The quantitative estimate of drug-likeness (QED) is 0.298. The lowest BCUT2D eigenvalue weighted by Crippen LogP contribution is -2.10. The van der Waals surface area contributed by atoms with Crippen LogP contribution < -0.4 is 4.74 Å². The summed E-state index contributed by atoms with van der Waals surface area (Å²) in [6, 6.07) is 8.22. The maximum absolute atomic E-state index is 12.0. The fourth-order valence-corrected chi connectivity index (χ4v) is 3.69. The molecule has 2 aromatic rings. The van der Waals surface area contributed by atoms with E-state index in [2.05, 4.69) is 53.3 Å². The van der Waals surface area contributed by atoms with E-state index in [0.29, 0.717) is 17.9 Å². The zero-order valence-electron chi connectivity index (χ0n) is 18.5. The van der Waals surface area contributed by atoms with Crippen molar-refractivity contribution in [3.05, 3.63) is 70.3 Å². The highest BCUT2D eigenvalue weighted by molar-refractivity contribution is 5.84. The van der Waals surface area contributed by atoms with Gasteiger partial charge < -0.3 is 9.84 Å². The van der Waals surface area contributed by atoms with Crippen molar-refractivity contribution in [2.75, 3.05) is 0 Å². The van der Waals surface area contributed by atoms with Crippen LogP contribution in [0.1, 0.15) is 79.3 Å². The average molecular weight is 395 g/mol. The minimum atomic E-state index is -0.461. The normalized spacial score (nSPS) is 11.9. The second kappa shape index (κ2) is 10.3. The van der Waals surface area contributed by atoms with Gasteiger partial charge in [0.25, 0.3) is 0 Å². The molecule has 0 saturated carbocycles. The number of carbonyl (C=O) groups excluding carboxylic acids is 1. The van der Waals surface area contributed by atoms with Gasteiger partial charge in [-0.05, 0) is 61.3 Å². The Hall–Kier alpha value is -2.55. The maximum atomic E-state index is 12.0. The predicted octanol–water partition coefficient (Wildman–Crippen LogP) is 6.55. The molecule has 1 N–H and O–H groups in total. The lowest BCUT2D eigenvalue weighted by Gasteiger charge is -2.20. The van der Waals surface area contributed by atoms with Gasteiger partial charge in [0.15, 0.2) is 0 Å². The van der Waals surface area contributed by atoms with E-state index in [4.69, 9.17) is 4.74 Å². The number of phenolic OH excluding ortho intramolecular Hbond substituents is 1. The van der Waals surface area contributed by atoms with Crippen molar-refractivity contribution in [3.8, 4) is 11.5 Å². The molecule has 0 aliphatic rings. The molecule has 0 aromatic heterocycles. The molecule has 0 spiro atoms. The molecule has 1 atom stereocenters. The first-order valence-corrected chi connectivity index (χ1v) is 10.6. The molecular weight excluding hydrogens is 360 g/mol. The highest BCUT2D eigenvalue weighted by Gasteiger charge is 2.19. The van der Waals surface area contributed by atoms with Crippen LogP contribution in [-0.4, -0.2) is 11.1 Å². The molecule has 0 aliphatic heterocycles. The van der Waals surface area contributed by atoms with Gasteiger partial charge in [-0.25, -0.2) is 4.79 Å². The van der Waals surface area contributed by atoms with E-state index in [1.54, 1.807) is 0 Å². The standard InChI is InChI=1S/C26H34O3/c1-7-10-11-20-12-17(4)13-21(25(20)28)16-22-14-18(5)15-23(19(6)8-2)26(22)29-24(27)9-3/h9,12-15,19,28H,3,7-8,10-11,16H2,1-2,4-6H3. The van der Waals surface area contributed by atoms with E-state index in [9.17, 15) is 9.90 Å². The van der Waals surface area contributed by atoms with E-state index in [1.807, 2.05) is 12.1 Å². The SMILES string of the molecule is C=CC(=O)Oc1c(Cc2cc(C)cc(CCCC)c2O)cc(C)cc1C(C)CC. The first-order valence-electron chi connectivity index (χ1n) is 10.6. The van der Waals surface area contributed by atoms with Gasteiger partial charge in [-0.3, -0.25) is 0 Å². The lowest BCUT2D eigenvalue weighted by atomic mass is 9.90. The molecule has 2 rings (SSSR count). The average Bonchev–Trinajstić information content (AvgIpc) is 2.70. The molecular formula is C26H34O3. The van der Waals surface area contributed by atoms with Crippen LogP contribution in [0.2, 0.25) is 0 Å². The molecule has 0 radical (unpaired) electrons. The summed E-state index contributed by atoms with van der Waals surface area (Å²) in [6.45, 7) is 14.0. The number of phenols is 1. The van der Waals surface area contributed by atoms with E-state index in [0.717, 1.165) is 59.1 Å². The molecule has 0 fully saturated rings. The van der Waals surface area contributed by atoms with Crippen LogP contribution in [0, 0.1) is 13.8 Å². The lowest BCUT2D eigenvalue weighted by molar-refractivity contribution is -0.129. The number of ether oxygens (including phenoxy) is 1. The number of benzene rings is 2. The predicted molar refractivity (Wildman–Crippen MR) is 120 cm³/mol. The largest absolute Gasteiger partial charge is 0.507 e. The van der Waals surface area contributed by atoms with Crippen molar-refractivity contribution >= 4 is 5.97 Å². The van der Waals surface area contributed by atoms with Crippen molar-refractivity contribution in [2.45, 2.75) is 72.6 Å². The number of esters is 1. The summed E-state index contributed by atoms with van der Waals surface area (Å²) in [4.78, 5) is 12.0. The van der Waals surface area contributed by atoms with Crippen molar-refractivity contribution < 1.29 is 14.6 Å². The summed E-state index contributed by atoms with van der Waals surface area (Å²) in [7, 11) is 0. The third-order valence-corrected chi connectivity index (χ3v) is 5.44. The number of unbranched alkanes of at least 4 members (excludes halogenated alkanes) is 1. The Kier molecular flexibility index (Phi) is 8.07. The third kappa shape index (κ3) is 5.72. The molecule has 0 saturated heterocycles. The van der Waals surface area contributed by atoms with Gasteiger partial charge in [0, 0.05) is 12.5 Å². The second-order valence-electron chi connectivity index (χ2n) is 7.99. The molecule has 0 bridgehead atoms. The van der Waals surface area contributed by atoms with Crippen LogP contribution in [0.4, 0.5) is 0 Å². The minimum Gasteiger partial charge on any atom is -0.507 e. The fourth-order valence-electron chi connectivity index (χ4n) is 3.69. The van der Waals surface area contributed by atoms with Crippen LogP contribution in [0.5, 0.6) is 11.5 Å². The van der Waals surface area contributed by atoms with E-state index >= 15 is 0 Å². The highest BCUT2D eigenvalue weighted by Crippen LogP contribution is 2.37. The topological polar surface area (TPSA) is 46.5 Å². The van der Waals surface area contributed by atoms with Gasteiger partial charge in [0.1, 0.15) is 11.5 Å². The smallest absolute Gasteiger partial charge is 0.335 e. The molecule has 2 aromatic carbocycles. The summed E-state index contributed by atoms with van der Waals surface area (Å²) in [5.74, 6) is 0.756. The molecule has 156 valence electrons. The van der Waals surface area contributed by atoms with Crippen LogP contribution in [0.25, 0.3) is 0 Å². The first kappa shape index (κ1) is 22.7. The van der Waals surface area contributed by atoms with Gasteiger partial charge in [-0.1, -0.05) is 69.2 Å². The third-order valence-electron chi connectivity index (χ3n) is 5.44. The second-order valence-corrected chi connectivity index (χ2v) is 7.99. The molecule has 1 unspecified atom stereocenters. The maximum Gasteiger partial charge on any atom is 0.335 e. The van der Waals surface area contributed by atoms with E-state index in [1.165, 1.54) is 6.08 Å². The Labute approximate surface area is 175 Å². The van der Waals surface area contributed by atoms with Crippen LogP contribution in [0.15, 0.2) is 36.9 Å². The van der Waals surface area contributed by atoms with E-state index in [-0.39, 0.29) is 5.92 Å². The van der Waals surface area contributed by atoms with Gasteiger partial charge in [-0.15, -0.1) is 0 Å². The summed E-state index contributed by atoms with van der Waals surface area (Å²) in [5.41, 5.74) is 6.04. The fraction of sp³-hybridized carbons (Fsp3) is 0.423. The summed E-state index contributed by atoms with van der Waals surface area (Å²) >= 11 is 0. The Morgan fingerprint density at radius 3 is 2.34 bits per heavy atom. The monoisotopic (exact) mass is 394 g/mol. The number of carbonyl (C=O) groups is 1. The van der Waals surface area contributed by atoms with Gasteiger partial charge in [0.2, 0.25) is 0 Å². The number of aryl methyl sites for hydroxylation is 3. The van der Waals surface area contributed by atoms with Crippen molar-refractivity contribution in [1.29, 1.82) is 0 Å². The Morgan fingerprint density at radius 1 is 1.10 bits per heavy atom. The van der Waals surface area contributed by atoms with Crippen molar-refractivity contribution in [2.24, 2.45) is 0 Å². The molecule has 3 nitrogen and oxygen atoms in total. The summed E-state index contributed by atoms with van der Waals surface area (Å²) < 4.78 is 5.70. The number of rotatable bonds is 9. The number of hydrogen-bond donors (Lipinski definition) is 1. The van der Waals surface area contributed by atoms with Crippen LogP contribution in [-0.2, 0) is 17.6 Å². The van der Waals surface area contributed by atoms with Crippen molar-refractivity contribution in [3.63, 3.8) is 0 Å².